The Morgan fingerprint density at radius 2 is 1.78 bits per heavy atom. The van der Waals surface area contributed by atoms with Crippen molar-refractivity contribution in [3.8, 4) is 0 Å². The smallest absolute Gasteiger partial charge is 0.0351 e. The molecule has 0 rings (SSSR count). The first-order chi connectivity index (χ1) is 4.27. The summed E-state index contributed by atoms with van der Waals surface area (Å²) < 4.78 is 0. The number of hydrogen-bond acceptors (Lipinski definition) is 0. The quantitative estimate of drug-likeness (QED) is 0.509. The van der Waals surface area contributed by atoms with Crippen molar-refractivity contribution in [1.82, 2.24) is 0 Å². The van der Waals surface area contributed by atoms with Crippen LogP contribution in [0, 0.1) is 5.92 Å². The van der Waals surface area contributed by atoms with Gasteiger partial charge in [-0.15, -0.1) is 6.58 Å². The predicted molar refractivity (Wildman–Crippen MR) is 45.6 cm³/mol. The molecule has 0 aliphatic carbocycles. The lowest BCUT2D eigenvalue weighted by Crippen LogP contribution is -1.82. The summed E-state index contributed by atoms with van der Waals surface area (Å²) >= 11 is 0. The van der Waals surface area contributed by atoms with E-state index in [0.717, 1.165) is 12.3 Å². The fourth-order valence-electron chi connectivity index (χ4n) is 0.451. The van der Waals surface area contributed by atoms with E-state index in [-0.39, 0.29) is 0 Å². The van der Waals surface area contributed by atoms with Crippen molar-refractivity contribution in [2.75, 3.05) is 0 Å². The van der Waals surface area contributed by atoms with E-state index in [9.17, 15) is 0 Å². The van der Waals surface area contributed by atoms with E-state index in [0.29, 0.717) is 0 Å². The molecule has 0 aromatic carbocycles. The highest BCUT2D eigenvalue weighted by Gasteiger charge is 1.87. The number of hydrogen-bond donors (Lipinski definition) is 0. The van der Waals surface area contributed by atoms with Crippen LogP contribution in [-0.4, -0.2) is 0 Å². The molecule has 0 heterocycles. The van der Waals surface area contributed by atoms with Gasteiger partial charge in [-0.3, -0.25) is 0 Å². The molecule has 56 valence electrons. The zero-order valence-corrected chi connectivity index (χ0v) is 7.28. The van der Waals surface area contributed by atoms with Gasteiger partial charge < -0.3 is 0 Å². The SMILES string of the molecule is C=CCCC(C)C.CC. The second kappa shape index (κ2) is 10.7. The summed E-state index contributed by atoms with van der Waals surface area (Å²) in [7, 11) is 0. The Kier molecular flexibility index (Phi) is 13.7. The zero-order chi connectivity index (χ0) is 7.70. The van der Waals surface area contributed by atoms with E-state index < -0.39 is 0 Å². The summed E-state index contributed by atoms with van der Waals surface area (Å²) in [6.07, 6.45) is 4.42. The molecule has 0 heteroatoms. The summed E-state index contributed by atoms with van der Waals surface area (Å²) in [6, 6.07) is 0. The fourth-order valence-corrected chi connectivity index (χ4v) is 0.451. The van der Waals surface area contributed by atoms with Crippen molar-refractivity contribution in [2.24, 2.45) is 5.92 Å². The molecule has 0 radical (unpaired) electrons. The molecule has 0 saturated carbocycles. The van der Waals surface area contributed by atoms with Crippen LogP contribution in [0.3, 0.4) is 0 Å². The van der Waals surface area contributed by atoms with Gasteiger partial charge in [0.1, 0.15) is 0 Å². The van der Waals surface area contributed by atoms with Crippen LogP contribution in [0.15, 0.2) is 12.7 Å². The lowest BCUT2D eigenvalue weighted by Gasteiger charge is -1.96. The average Bonchev–Trinajstić information content (AvgIpc) is 1.88. The van der Waals surface area contributed by atoms with Crippen LogP contribution in [0.5, 0.6) is 0 Å². The Balaban J connectivity index is 0. The minimum absolute atomic E-state index is 0.831. The maximum absolute atomic E-state index is 3.63. The highest BCUT2D eigenvalue weighted by molar-refractivity contribution is 4.66. The summed E-state index contributed by atoms with van der Waals surface area (Å²) in [5.74, 6) is 0.831. The monoisotopic (exact) mass is 128 g/mol. The van der Waals surface area contributed by atoms with Gasteiger partial charge in [-0.2, -0.15) is 0 Å². The van der Waals surface area contributed by atoms with Gasteiger partial charge in [-0.05, 0) is 18.8 Å². The van der Waals surface area contributed by atoms with Gasteiger partial charge in [-0.1, -0.05) is 33.8 Å². The van der Waals surface area contributed by atoms with Crippen LogP contribution in [0.4, 0.5) is 0 Å². The molecule has 9 heavy (non-hydrogen) atoms. The van der Waals surface area contributed by atoms with Gasteiger partial charge in [-0.25, -0.2) is 0 Å². The largest absolute Gasteiger partial charge is 0.103 e. The molecule has 0 aromatic rings. The molecule has 0 N–H and O–H groups in total. The molecular weight excluding hydrogens is 108 g/mol. The summed E-state index contributed by atoms with van der Waals surface area (Å²) in [5.41, 5.74) is 0. The van der Waals surface area contributed by atoms with Gasteiger partial charge in [0.25, 0.3) is 0 Å². The molecule has 0 atom stereocenters. The lowest BCUT2D eigenvalue weighted by atomic mass is 10.1. The minimum Gasteiger partial charge on any atom is -0.103 e. The third kappa shape index (κ3) is 18.2. The van der Waals surface area contributed by atoms with Gasteiger partial charge in [0.05, 0.1) is 0 Å². The fraction of sp³-hybridized carbons (Fsp3) is 0.778. The Morgan fingerprint density at radius 1 is 1.33 bits per heavy atom. The van der Waals surface area contributed by atoms with Crippen LogP contribution in [0.2, 0.25) is 0 Å². The van der Waals surface area contributed by atoms with E-state index >= 15 is 0 Å². The van der Waals surface area contributed by atoms with Crippen molar-refractivity contribution in [3.05, 3.63) is 12.7 Å². The molecular formula is C9H20. The summed E-state index contributed by atoms with van der Waals surface area (Å²) in [4.78, 5) is 0. The topological polar surface area (TPSA) is 0 Å². The third-order valence-electron chi connectivity index (χ3n) is 0.948. The molecule has 0 fully saturated rings. The van der Waals surface area contributed by atoms with Gasteiger partial charge >= 0.3 is 0 Å². The Morgan fingerprint density at radius 3 is 1.89 bits per heavy atom. The standard InChI is InChI=1S/C7H14.C2H6/c1-4-5-6-7(2)3;1-2/h4,7H,1,5-6H2,2-3H3;1-2H3. The zero-order valence-electron chi connectivity index (χ0n) is 7.28. The predicted octanol–water partition coefficient (Wildman–Crippen LogP) is 3.63. The molecule has 0 aliphatic heterocycles. The molecule has 0 nitrogen and oxygen atoms in total. The second-order valence-corrected chi connectivity index (χ2v) is 2.26. The number of rotatable bonds is 3. The van der Waals surface area contributed by atoms with Crippen molar-refractivity contribution >= 4 is 0 Å². The van der Waals surface area contributed by atoms with Crippen LogP contribution in [0.25, 0.3) is 0 Å². The Hall–Kier alpha value is -0.260. The highest BCUT2D eigenvalue weighted by atomic mass is 13.9. The molecule has 0 aromatic heterocycles. The maximum Gasteiger partial charge on any atom is -0.0351 e. The minimum atomic E-state index is 0.831. The van der Waals surface area contributed by atoms with Crippen molar-refractivity contribution in [2.45, 2.75) is 40.5 Å². The summed E-state index contributed by atoms with van der Waals surface area (Å²) in [5, 5.41) is 0. The maximum atomic E-state index is 3.63. The third-order valence-corrected chi connectivity index (χ3v) is 0.948. The normalized spacial score (nSPS) is 8.11. The Labute approximate surface area is 60.0 Å². The Bertz CT molecular complexity index is 44.0. The van der Waals surface area contributed by atoms with Crippen LogP contribution >= 0.6 is 0 Å². The van der Waals surface area contributed by atoms with Gasteiger partial charge in [0.15, 0.2) is 0 Å². The van der Waals surface area contributed by atoms with E-state index in [2.05, 4.69) is 20.4 Å². The molecule has 0 aliphatic rings. The molecule has 0 spiro atoms. The first kappa shape index (κ1) is 11.5. The first-order valence-electron chi connectivity index (χ1n) is 3.88. The van der Waals surface area contributed by atoms with Crippen molar-refractivity contribution in [3.63, 3.8) is 0 Å². The first-order valence-corrected chi connectivity index (χ1v) is 3.88. The lowest BCUT2D eigenvalue weighted by molar-refractivity contribution is 0.595. The van der Waals surface area contributed by atoms with Crippen LogP contribution < -0.4 is 0 Å². The molecule has 0 bridgehead atoms. The second-order valence-electron chi connectivity index (χ2n) is 2.26. The van der Waals surface area contributed by atoms with Crippen LogP contribution in [-0.2, 0) is 0 Å². The van der Waals surface area contributed by atoms with Crippen molar-refractivity contribution in [1.29, 1.82) is 0 Å². The summed E-state index contributed by atoms with van der Waals surface area (Å²) in [6.45, 7) is 12.1. The molecule has 0 saturated heterocycles. The average molecular weight is 128 g/mol. The van der Waals surface area contributed by atoms with Crippen LogP contribution in [0.1, 0.15) is 40.5 Å². The number of allylic oxidation sites excluding steroid dienone is 1. The van der Waals surface area contributed by atoms with Gasteiger partial charge in [0.2, 0.25) is 0 Å². The van der Waals surface area contributed by atoms with Crippen molar-refractivity contribution < 1.29 is 0 Å². The van der Waals surface area contributed by atoms with E-state index in [1.54, 1.807) is 0 Å². The van der Waals surface area contributed by atoms with E-state index in [1.807, 2.05) is 19.9 Å². The van der Waals surface area contributed by atoms with E-state index in [1.165, 1.54) is 6.42 Å². The molecule has 0 amide bonds. The van der Waals surface area contributed by atoms with E-state index in [4.69, 9.17) is 0 Å². The molecule has 0 unspecified atom stereocenters. The van der Waals surface area contributed by atoms with Gasteiger partial charge in [0, 0.05) is 0 Å². The highest BCUT2D eigenvalue weighted by Crippen LogP contribution is 2.02.